The van der Waals surface area contributed by atoms with E-state index in [4.69, 9.17) is 0 Å². The van der Waals surface area contributed by atoms with Crippen LogP contribution in [0.2, 0.25) is 0 Å². The molecular formula is C21H31Cl2N3O. The fraction of sp³-hybridized carbons (Fsp3) is 0.381. The number of nitrogens with one attached hydrogen (secondary N) is 1. The summed E-state index contributed by atoms with van der Waals surface area (Å²) >= 11 is 0. The molecule has 4 nitrogen and oxygen atoms in total. The molecule has 0 aliphatic rings. The van der Waals surface area contributed by atoms with E-state index in [1.165, 1.54) is 5.56 Å². The van der Waals surface area contributed by atoms with E-state index < -0.39 is 0 Å². The van der Waals surface area contributed by atoms with E-state index in [-0.39, 0.29) is 30.7 Å². The number of carbonyl (C=O) groups excluding carboxylic acids is 1. The van der Waals surface area contributed by atoms with Gasteiger partial charge in [0.2, 0.25) is 5.91 Å². The van der Waals surface area contributed by atoms with Crippen molar-refractivity contribution in [3.8, 4) is 0 Å². The number of amides is 1. The summed E-state index contributed by atoms with van der Waals surface area (Å²) < 4.78 is 0. The Morgan fingerprint density at radius 2 is 1.33 bits per heavy atom. The average molecular weight is 412 g/mol. The van der Waals surface area contributed by atoms with E-state index in [0.717, 1.165) is 38.4 Å². The van der Waals surface area contributed by atoms with Crippen molar-refractivity contribution in [2.75, 3.05) is 38.0 Å². The van der Waals surface area contributed by atoms with Crippen molar-refractivity contribution in [2.24, 2.45) is 0 Å². The molecule has 0 atom stereocenters. The minimum atomic E-state index is 0. The lowest BCUT2D eigenvalue weighted by Gasteiger charge is -2.26. The second kappa shape index (κ2) is 14.5. The Bertz CT molecular complexity index is 622. The van der Waals surface area contributed by atoms with Gasteiger partial charge in [-0.25, -0.2) is 0 Å². The third-order valence-corrected chi connectivity index (χ3v) is 4.30. The molecule has 0 aromatic heterocycles. The van der Waals surface area contributed by atoms with Crippen LogP contribution in [0.25, 0.3) is 0 Å². The average Bonchev–Trinajstić information content (AvgIpc) is 2.64. The van der Waals surface area contributed by atoms with E-state index in [1.54, 1.807) is 0 Å². The molecule has 0 saturated heterocycles. The summed E-state index contributed by atoms with van der Waals surface area (Å²) in [4.78, 5) is 17.0. The Morgan fingerprint density at radius 1 is 0.815 bits per heavy atom. The summed E-state index contributed by atoms with van der Waals surface area (Å²) in [5, 5.41) is 2.98. The van der Waals surface area contributed by atoms with Gasteiger partial charge in [-0.05, 0) is 30.8 Å². The first-order valence-electron chi connectivity index (χ1n) is 9.04. The standard InChI is InChI=1S/C21H29N3O.2ClH/c1-3-23(4-2)15-16-24(17-19-11-7-5-8-12-19)18-21(25)22-20-13-9-6-10-14-20;;/h5-14H,3-4,15-18H2,1-2H3,(H,22,25);2*1H. The molecule has 0 radical (unpaired) electrons. The molecule has 1 N–H and O–H groups in total. The van der Waals surface area contributed by atoms with Gasteiger partial charge in [0.05, 0.1) is 6.54 Å². The van der Waals surface area contributed by atoms with Crippen molar-refractivity contribution >= 4 is 36.4 Å². The van der Waals surface area contributed by atoms with Crippen LogP contribution in [0.5, 0.6) is 0 Å². The smallest absolute Gasteiger partial charge is 0.238 e. The van der Waals surface area contributed by atoms with Crippen LogP contribution in [0.15, 0.2) is 60.7 Å². The molecule has 2 aromatic rings. The van der Waals surface area contributed by atoms with Gasteiger partial charge in [-0.15, -0.1) is 24.8 Å². The third-order valence-electron chi connectivity index (χ3n) is 4.30. The van der Waals surface area contributed by atoms with Crippen LogP contribution in [0.4, 0.5) is 5.69 Å². The second-order valence-electron chi connectivity index (χ2n) is 6.14. The minimum Gasteiger partial charge on any atom is -0.325 e. The van der Waals surface area contributed by atoms with E-state index in [2.05, 4.69) is 41.1 Å². The number of carbonyl (C=O) groups is 1. The fourth-order valence-corrected chi connectivity index (χ4v) is 2.80. The lowest BCUT2D eigenvalue weighted by molar-refractivity contribution is -0.117. The summed E-state index contributed by atoms with van der Waals surface area (Å²) in [6, 6.07) is 20.0. The molecular weight excluding hydrogens is 381 g/mol. The SMILES string of the molecule is CCN(CC)CCN(CC(=O)Nc1ccccc1)Cc1ccccc1.Cl.Cl. The van der Waals surface area contributed by atoms with Gasteiger partial charge in [0.1, 0.15) is 0 Å². The molecule has 0 spiro atoms. The van der Waals surface area contributed by atoms with Crippen molar-refractivity contribution in [3.05, 3.63) is 66.2 Å². The zero-order valence-corrected chi connectivity index (χ0v) is 17.8. The Hall–Kier alpha value is -1.59. The molecule has 0 saturated carbocycles. The number of halogens is 2. The highest BCUT2D eigenvalue weighted by Gasteiger charge is 2.13. The number of hydrogen-bond acceptors (Lipinski definition) is 3. The lowest BCUT2D eigenvalue weighted by atomic mass is 10.2. The van der Waals surface area contributed by atoms with Crippen LogP contribution in [0.3, 0.4) is 0 Å². The van der Waals surface area contributed by atoms with Crippen LogP contribution in [0.1, 0.15) is 19.4 Å². The van der Waals surface area contributed by atoms with Crippen molar-refractivity contribution in [2.45, 2.75) is 20.4 Å². The highest BCUT2D eigenvalue weighted by atomic mass is 35.5. The van der Waals surface area contributed by atoms with Crippen LogP contribution in [0, 0.1) is 0 Å². The van der Waals surface area contributed by atoms with Crippen LogP contribution in [-0.4, -0.2) is 48.4 Å². The van der Waals surface area contributed by atoms with E-state index in [0.29, 0.717) is 6.54 Å². The topological polar surface area (TPSA) is 35.6 Å². The summed E-state index contributed by atoms with van der Waals surface area (Å²) in [7, 11) is 0. The summed E-state index contributed by atoms with van der Waals surface area (Å²) in [5.41, 5.74) is 2.07. The highest BCUT2D eigenvalue weighted by Crippen LogP contribution is 2.08. The highest BCUT2D eigenvalue weighted by molar-refractivity contribution is 5.92. The van der Waals surface area contributed by atoms with E-state index in [1.807, 2.05) is 48.5 Å². The van der Waals surface area contributed by atoms with Gasteiger partial charge in [-0.3, -0.25) is 9.69 Å². The Balaban J connectivity index is 0.00000338. The van der Waals surface area contributed by atoms with Gasteiger partial charge < -0.3 is 10.2 Å². The predicted molar refractivity (Wildman–Crippen MR) is 119 cm³/mol. The second-order valence-corrected chi connectivity index (χ2v) is 6.14. The maximum absolute atomic E-state index is 12.4. The van der Waals surface area contributed by atoms with E-state index in [9.17, 15) is 4.79 Å². The Morgan fingerprint density at radius 3 is 1.89 bits per heavy atom. The fourth-order valence-electron chi connectivity index (χ4n) is 2.80. The first-order valence-corrected chi connectivity index (χ1v) is 9.04. The van der Waals surface area contributed by atoms with Crippen molar-refractivity contribution in [3.63, 3.8) is 0 Å². The Labute approximate surface area is 175 Å². The number of benzene rings is 2. The molecule has 0 unspecified atom stereocenters. The molecule has 0 bridgehead atoms. The van der Waals surface area contributed by atoms with Crippen LogP contribution in [-0.2, 0) is 11.3 Å². The molecule has 1 amide bonds. The third kappa shape index (κ3) is 9.78. The molecule has 2 rings (SSSR count). The number of hydrogen-bond donors (Lipinski definition) is 1. The van der Waals surface area contributed by atoms with Crippen molar-refractivity contribution < 1.29 is 4.79 Å². The molecule has 0 heterocycles. The first-order chi connectivity index (χ1) is 12.2. The number of likely N-dealkylation sites (N-methyl/N-ethyl adjacent to an activating group) is 1. The minimum absolute atomic E-state index is 0. The quantitative estimate of drug-likeness (QED) is 0.632. The van der Waals surface area contributed by atoms with Gasteiger partial charge in [-0.1, -0.05) is 62.4 Å². The van der Waals surface area contributed by atoms with Gasteiger partial charge in [0.15, 0.2) is 0 Å². The molecule has 0 aliphatic heterocycles. The number of rotatable bonds is 10. The predicted octanol–water partition coefficient (Wildman–Crippen LogP) is 4.31. The van der Waals surface area contributed by atoms with Crippen LogP contribution < -0.4 is 5.32 Å². The van der Waals surface area contributed by atoms with Gasteiger partial charge >= 0.3 is 0 Å². The normalized spacial score (nSPS) is 10.2. The summed E-state index contributed by atoms with van der Waals surface area (Å²) in [6.07, 6.45) is 0. The van der Waals surface area contributed by atoms with Gasteiger partial charge in [0.25, 0.3) is 0 Å². The number of nitrogens with zero attached hydrogens (tertiary/aromatic N) is 2. The number of anilines is 1. The molecule has 27 heavy (non-hydrogen) atoms. The monoisotopic (exact) mass is 411 g/mol. The molecule has 6 heteroatoms. The van der Waals surface area contributed by atoms with Crippen molar-refractivity contribution in [1.29, 1.82) is 0 Å². The van der Waals surface area contributed by atoms with Gasteiger partial charge in [0, 0.05) is 25.3 Å². The molecule has 0 fully saturated rings. The Kier molecular flexibility index (Phi) is 13.6. The maximum atomic E-state index is 12.4. The zero-order chi connectivity index (χ0) is 17.9. The first kappa shape index (κ1) is 25.4. The molecule has 0 aliphatic carbocycles. The maximum Gasteiger partial charge on any atom is 0.238 e. The van der Waals surface area contributed by atoms with Crippen molar-refractivity contribution in [1.82, 2.24) is 9.80 Å². The van der Waals surface area contributed by atoms with Crippen LogP contribution >= 0.6 is 24.8 Å². The number of para-hydroxylation sites is 1. The largest absolute Gasteiger partial charge is 0.325 e. The van der Waals surface area contributed by atoms with Gasteiger partial charge in [-0.2, -0.15) is 0 Å². The van der Waals surface area contributed by atoms with E-state index >= 15 is 0 Å². The molecule has 150 valence electrons. The zero-order valence-electron chi connectivity index (χ0n) is 16.1. The molecule has 2 aromatic carbocycles. The summed E-state index contributed by atoms with van der Waals surface area (Å²) in [6.45, 7) is 9.44. The summed E-state index contributed by atoms with van der Waals surface area (Å²) in [5.74, 6) is 0.0293. The lowest BCUT2D eigenvalue weighted by Crippen LogP contribution is -2.39.